The van der Waals surface area contributed by atoms with E-state index in [2.05, 4.69) is 20.5 Å². The summed E-state index contributed by atoms with van der Waals surface area (Å²) >= 11 is 0. The molecular formula is C24H28N6O3. The topological polar surface area (TPSA) is 103 Å². The smallest absolute Gasteiger partial charge is 0.253 e. The molecule has 2 aromatic carbocycles. The minimum absolute atomic E-state index is 0.0899. The van der Waals surface area contributed by atoms with Crippen LogP contribution in [0.1, 0.15) is 15.9 Å². The standard InChI is InChI=1S/C24H28N6O3/c1-17-5-3-4-6-21(17)33-14-11-25-23(31)20-15-30(13-12-29(20)2)24(32)19-9-7-18(8-10-19)22-26-16-27-28-22/h3-10,16,20H,11-15H2,1-2H3,(H,25,31)(H,26,27,28)/t20-/m0/s1. The molecule has 2 amide bonds. The second-order valence-electron chi connectivity index (χ2n) is 8.06. The lowest BCUT2D eigenvalue weighted by atomic mass is 10.1. The molecule has 172 valence electrons. The fourth-order valence-electron chi connectivity index (χ4n) is 3.81. The lowest BCUT2D eigenvalue weighted by molar-refractivity contribution is -0.127. The van der Waals surface area contributed by atoms with Crippen LogP contribution in [-0.2, 0) is 4.79 Å². The van der Waals surface area contributed by atoms with Crippen LogP contribution in [-0.4, -0.2) is 82.7 Å². The van der Waals surface area contributed by atoms with E-state index >= 15 is 0 Å². The van der Waals surface area contributed by atoms with Crippen LogP contribution in [0.15, 0.2) is 54.9 Å². The fraction of sp³-hybridized carbons (Fsp3) is 0.333. The van der Waals surface area contributed by atoms with E-state index in [4.69, 9.17) is 4.74 Å². The first-order valence-corrected chi connectivity index (χ1v) is 10.9. The molecule has 2 N–H and O–H groups in total. The predicted octanol–water partition coefficient (Wildman–Crippen LogP) is 1.73. The predicted molar refractivity (Wildman–Crippen MR) is 124 cm³/mol. The van der Waals surface area contributed by atoms with E-state index in [0.29, 0.717) is 44.2 Å². The summed E-state index contributed by atoms with van der Waals surface area (Å²) in [5.41, 5.74) is 2.49. The normalized spacial score (nSPS) is 16.4. The van der Waals surface area contributed by atoms with E-state index in [-0.39, 0.29) is 11.8 Å². The van der Waals surface area contributed by atoms with Crippen LogP contribution in [0.5, 0.6) is 5.75 Å². The number of hydrogen-bond acceptors (Lipinski definition) is 6. The Balaban J connectivity index is 1.31. The third-order valence-electron chi connectivity index (χ3n) is 5.81. The Morgan fingerprint density at radius 1 is 1.15 bits per heavy atom. The molecule has 0 unspecified atom stereocenters. The van der Waals surface area contributed by atoms with E-state index in [1.165, 1.54) is 6.33 Å². The van der Waals surface area contributed by atoms with E-state index < -0.39 is 6.04 Å². The number of H-pyrrole nitrogens is 1. The van der Waals surface area contributed by atoms with Gasteiger partial charge in [-0.2, -0.15) is 5.10 Å². The van der Waals surface area contributed by atoms with Crippen LogP contribution in [0.4, 0.5) is 0 Å². The zero-order valence-corrected chi connectivity index (χ0v) is 18.8. The van der Waals surface area contributed by atoms with Crippen LogP contribution >= 0.6 is 0 Å². The molecule has 1 saturated heterocycles. The molecule has 9 heteroatoms. The summed E-state index contributed by atoms with van der Waals surface area (Å²) in [6.07, 6.45) is 1.44. The number of aromatic nitrogens is 3. The van der Waals surface area contributed by atoms with Crippen molar-refractivity contribution in [3.63, 3.8) is 0 Å². The summed E-state index contributed by atoms with van der Waals surface area (Å²) in [6.45, 7) is 4.29. The number of para-hydroxylation sites is 1. The Kier molecular flexibility index (Phi) is 6.99. The molecule has 33 heavy (non-hydrogen) atoms. The molecule has 9 nitrogen and oxygen atoms in total. The van der Waals surface area contributed by atoms with Gasteiger partial charge in [-0.1, -0.05) is 30.3 Å². The van der Waals surface area contributed by atoms with Crippen LogP contribution < -0.4 is 10.1 Å². The molecule has 4 rings (SSSR count). The number of ether oxygens (including phenoxy) is 1. The van der Waals surface area contributed by atoms with Gasteiger partial charge in [-0.25, -0.2) is 4.98 Å². The Bertz CT molecular complexity index is 1080. The number of benzene rings is 2. The first-order valence-electron chi connectivity index (χ1n) is 10.9. The number of aryl methyl sites for hydroxylation is 1. The minimum atomic E-state index is -0.408. The molecule has 3 aromatic rings. The van der Waals surface area contributed by atoms with Crippen molar-refractivity contribution >= 4 is 11.8 Å². The molecule has 2 heterocycles. The molecule has 1 aliphatic heterocycles. The third-order valence-corrected chi connectivity index (χ3v) is 5.81. The van der Waals surface area contributed by atoms with Crippen LogP contribution in [0.2, 0.25) is 0 Å². The highest BCUT2D eigenvalue weighted by Gasteiger charge is 2.32. The fourth-order valence-corrected chi connectivity index (χ4v) is 3.81. The maximum Gasteiger partial charge on any atom is 0.253 e. The SMILES string of the molecule is Cc1ccccc1OCCNC(=O)[C@@H]1CN(C(=O)c2ccc(-c3ncn[nH]3)cc2)CCN1C. The Morgan fingerprint density at radius 3 is 2.67 bits per heavy atom. The van der Waals surface area contributed by atoms with Gasteiger partial charge in [-0.3, -0.25) is 19.6 Å². The zero-order valence-electron chi connectivity index (χ0n) is 18.8. The van der Waals surface area contributed by atoms with Crippen molar-refractivity contribution in [2.75, 3.05) is 39.8 Å². The van der Waals surface area contributed by atoms with E-state index in [9.17, 15) is 9.59 Å². The highest BCUT2D eigenvalue weighted by molar-refractivity contribution is 5.95. The van der Waals surface area contributed by atoms with Crippen LogP contribution in [0.25, 0.3) is 11.4 Å². The van der Waals surface area contributed by atoms with Crippen molar-refractivity contribution in [3.8, 4) is 17.1 Å². The van der Waals surface area contributed by atoms with Crippen molar-refractivity contribution < 1.29 is 14.3 Å². The molecule has 1 aromatic heterocycles. The molecule has 1 atom stereocenters. The highest BCUT2D eigenvalue weighted by atomic mass is 16.5. The molecule has 1 aliphatic rings. The van der Waals surface area contributed by atoms with E-state index in [1.54, 1.807) is 17.0 Å². The average molecular weight is 449 g/mol. The third kappa shape index (κ3) is 5.38. The van der Waals surface area contributed by atoms with Crippen LogP contribution in [0.3, 0.4) is 0 Å². The van der Waals surface area contributed by atoms with Crippen molar-refractivity contribution in [2.45, 2.75) is 13.0 Å². The van der Waals surface area contributed by atoms with Gasteiger partial charge < -0.3 is 15.0 Å². The lowest BCUT2D eigenvalue weighted by Gasteiger charge is -2.38. The van der Waals surface area contributed by atoms with Crippen LogP contribution in [0, 0.1) is 6.92 Å². The number of nitrogens with one attached hydrogen (secondary N) is 2. The van der Waals surface area contributed by atoms with Gasteiger partial charge in [0.25, 0.3) is 5.91 Å². The number of piperazine rings is 1. The first-order chi connectivity index (χ1) is 16.0. The van der Waals surface area contributed by atoms with Crippen molar-refractivity contribution in [2.24, 2.45) is 0 Å². The number of hydrogen-bond donors (Lipinski definition) is 2. The van der Waals surface area contributed by atoms with E-state index in [1.807, 2.05) is 55.3 Å². The van der Waals surface area contributed by atoms with Crippen molar-refractivity contribution in [3.05, 3.63) is 66.0 Å². The molecule has 0 aliphatic carbocycles. The number of carbonyl (C=O) groups excluding carboxylic acids is 2. The highest BCUT2D eigenvalue weighted by Crippen LogP contribution is 2.18. The van der Waals surface area contributed by atoms with Gasteiger partial charge in [0, 0.05) is 30.8 Å². The second kappa shape index (κ2) is 10.3. The quantitative estimate of drug-likeness (QED) is 0.534. The summed E-state index contributed by atoms with van der Waals surface area (Å²) in [6, 6.07) is 14.6. The van der Waals surface area contributed by atoms with Gasteiger partial charge in [0.1, 0.15) is 24.7 Å². The number of carbonyl (C=O) groups is 2. The van der Waals surface area contributed by atoms with Gasteiger partial charge in [0.2, 0.25) is 5.91 Å². The molecule has 1 fully saturated rings. The Morgan fingerprint density at radius 2 is 1.94 bits per heavy atom. The summed E-state index contributed by atoms with van der Waals surface area (Å²) in [7, 11) is 1.90. The van der Waals surface area contributed by atoms with Crippen molar-refractivity contribution in [1.82, 2.24) is 30.3 Å². The summed E-state index contributed by atoms with van der Waals surface area (Å²) in [5.74, 6) is 1.27. The first kappa shape index (κ1) is 22.5. The summed E-state index contributed by atoms with van der Waals surface area (Å²) in [5, 5.41) is 9.59. The van der Waals surface area contributed by atoms with Gasteiger partial charge in [0.15, 0.2) is 5.82 Å². The van der Waals surface area contributed by atoms with Gasteiger partial charge >= 0.3 is 0 Å². The second-order valence-corrected chi connectivity index (χ2v) is 8.06. The van der Waals surface area contributed by atoms with Gasteiger partial charge in [-0.05, 0) is 37.7 Å². The van der Waals surface area contributed by atoms with Gasteiger partial charge in [-0.15, -0.1) is 0 Å². The molecule has 0 bridgehead atoms. The summed E-state index contributed by atoms with van der Waals surface area (Å²) in [4.78, 5) is 33.7. The van der Waals surface area contributed by atoms with E-state index in [0.717, 1.165) is 16.9 Å². The zero-order chi connectivity index (χ0) is 23.2. The minimum Gasteiger partial charge on any atom is -0.491 e. The molecule has 0 spiro atoms. The number of nitrogens with zero attached hydrogens (tertiary/aromatic N) is 4. The maximum absolute atomic E-state index is 13.0. The summed E-state index contributed by atoms with van der Waals surface area (Å²) < 4.78 is 5.75. The lowest BCUT2D eigenvalue weighted by Crippen LogP contribution is -2.59. The molecule has 0 saturated carbocycles. The Labute approximate surface area is 192 Å². The van der Waals surface area contributed by atoms with Crippen molar-refractivity contribution in [1.29, 1.82) is 0 Å². The number of rotatable bonds is 7. The number of amides is 2. The number of aromatic amines is 1. The largest absolute Gasteiger partial charge is 0.491 e. The monoisotopic (exact) mass is 448 g/mol. The molecule has 0 radical (unpaired) electrons. The molecular weight excluding hydrogens is 420 g/mol. The maximum atomic E-state index is 13.0. The Hall–Kier alpha value is -3.72. The average Bonchev–Trinajstić information content (AvgIpc) is 3.38. The van der Waals surface area contributed by atoms with Gasteiger partial charge in [0.05, 0.1) is 6.54 Å². The number of likely N-dealkylation sites (N-methyl/N-ethyl adjacent to an activating group) is 1.